The molecule has 0 aliphatic heterocycles. The maximum absolute atomic E-state index is 10.8. The van der Waals surface area contributed by atoms with Crippen LogP contribution in [-0.2, 0) is 6.61 Å². The van der Waals surface area contributed by atoms with Crippen molar-refractivity contribution in [3.63, 3.8) is 0 Å². The first-order chi connectivity index (χ1) is 9.70. The van der Waals surface area contributed by atoms with Gasteiger partial charge in [-0.1, -0.05) is 12.1 Å². The van der Waals surface area contributed by atoms with Gasteiger partial charge >= 0.3 is 0 Å². The number of aromatic nitrogens is 2. The van der Waals surface area contributed by atoms with Gasteiger partial charge in [-0.2, -0.15) is 0 Å². The van der Waals surface area contributed by atoms with Gasteiger partial charge < -0.3 is 5.11 Å². The summed E-state index contributed by atoms with van der Waals surface area (Å²) >= 11 is 0. The third-order valence-electron chi connectivity index (χ3n) is 3.16. The van der Waals surface area contributed by atoms with Crippen LogP contribution in [0.3, 0.4) is 0 Å². The summed E-state index contributed by atoms with van der Waals surface area (Å²) in [6.45, 7) is -0.274. The summed E-state index contributed by atoms with van der Waals surface area (Å²) in [6.07, 6.45) is 1.64. The number of non-ortho nitro benzene ring substituents is 1. The minimum absolute atomic E-state index is 0.0396. The fourth-order valence-corrected chi connectivity index (χ4v) is 2.20. The number of nitrogens with zero attached hydrogens (tertiary/aromatic N) is 3. The molecule has 0 radical (unpaired) electrons. The lowest BCUT2D eigenvalue weighted by Crippen LogP contribution is -2.00. The van der Waals surface area contributed by atoms with E-state index in [4.69, 9.17) is 0 Å². The van der Waals surface area contributed by atoms with Crippen molar-refractivity contribution in [2.45, 2.75) is 6.61 Å². The van der Waals surface area contributed by atoms with Crippen molar-refractivity contribution in [1.82, 2.24) is 9.55 Å². The van der Waals surface area contributed by atoms with Crippen LogP contribution in [0.25, 0.3) is 16.7 Å². The molecular formula is C14H11N3O3. The number of benzene rings is 2. The second-order valence-corrected chi connectivity index (χ2v) is 4.33. The fourth-order valence-electron chi connectivity index (χ4n) is 2.20. The number of hydrogen-bond acceptors (Lipinski definition) is 4. The third-order valence-corrected chi connectivity index (χ3v) is 3.16. The maximum atomic E-state index is 10.8. The van der Waals surface area contributed by atoms with Crippen LogP contribution in [0.2, 0.25) is 0 Å². The Kier molecular flexibility index (Phi) is 2.92. The molecule has 1 heterocycles. The normalized spacial score (nSPS) is 10.8. The van der Waals surface area contributed by atoms with Crippen LogP contribution in [0.4, 0.5) is 5.69 Å². The Hall–Kier alpha value is -2.73. The van der Waals surface area contributed by atoms with Gasteiger partial charge in [0.2, 0.25) is 0 Å². The number of nitro groups is 1. The van der Waals surface area contributed by atoms with Crippen molar-refractivity contribution in [2.24, 2.45) is 0 Å². The third kappa shape index (κ3) is 1.92. The van der Waals surface area contributed by atoms with Crippen molar-refractivity contribution in [2.75, 3.05) is 0 Å². The first-order valence-electron chi connectivity index (χ1n) is 6.01. The predicted molar refractivity (Wildman–Crippen MR) is 73.6 cm³/mol. The van der Waals surface area contributed by atoms with Crippen LogP contribution < -0.4 is 0 Å². The number of para-hydroxylation sites is 2. The molecular weight excluding hydrogens is 258 g/mol. The SMILES string of the molecule is O=[N+]([O-])c1ccc(-n2cnc3ccccc32)c(CO)c1. The standard InChI is InChI=1S/C14H11N3O3/c18-8-10-7-11(17(19)20)5-6-13(10)16-9-15-12-3-1-2-4-14(12)16/h1-7,9,18H,8H2. The van der Waals surface area contributed by atoms with E-state index in [1.54, 1.807) is 12.4 Å². The van der Waals surface area contributed by atoms with Gasteiger partial charge in [-0.15, -0.1) is 0 Å². The number of fused-ring (bicyclic) bond motifs is 1. The molecule has 0 unspecified atom stereocenters. The number of rotatable bonds is 3. The predicted octanol–water partition coefficient (Wildman–Crippen LogP) is 2.43. The van der Waals surface area contributed by atoms with Gasteiger partial charge in [0.15, 0.2) is 0 Å². The highest BCUT2D eigenvalue weighted by molar-refractivity contribution is 5.77. The van der Waals surface area contributed by atoms with Gasteiger partial charge in [-0.25, -0.2) is 4.98 Å². The van der Waals surface area contributed by atoms with Crippen molar-refractivity contribution in [3.8, 4) is 5.69 Å². The smallest absolute Gasteiger partial charge is 0.269 e. The van der Waals surface area contributed by atoms with Gasteiger partial charge in [0, 0.05) is 17.7 Å². The van der Waals surface area contributed by atoms with E-state index < -0.39 is 4.92 Å². The Balaban J connectivity index is 2.21. The lowest BCUT2D eigenvalue weighted by molar-refractivity contribution is -0.384. The largest absolute Gasteiger partial charge is 0.392 e. The number of nitro benzene ring substituents is 1. The summed E-state index contributed by atoms with van der Waals surface area (Å²) in [5.41, 5.74) is 2.85. The summed E-state index contributed by atoms with van der Waals surface area (Å²) in [6, 6.07) is 12.0. The number of hydrogen-bond donors (Lipinski definition) is 1. The van der Waals surface area contributed by atoms with E-state index >= 15 is 0 Å². The van der Waals surface area contributed by atoms with Gasteiger partial charge in [0.25, 0.3) is 5.69 Å². The number of imidazole rings is 1. The lowest BCUT2D eigenvalue weighted by atomic mass is 10.1. The Labute approximate surface area is 114 Å². The molecule has 3 rings (SSSR count). The molecule has 0 spiro atoms. The molecule has 0 amide bonds. The van der Waals surface area contributed by atoms with Gasteiger partial charge in [0.05, 0.1) is 28.3 Å². The van der Waals surface area contributed by atoms with Crippen LogP contribution >= 0.6 is 0 Å². The highest BCUT2D eigenvalue weighted by Gasteiger charge is 2.13. The zero-order chi connectivity index (χ0) is 14.1. The highest BCUT2D eigenvalue weighted by atomic mass is 16.6. The molecule has 6 nitrogen and oxygen atoms in total. The first-order valence-corrected chi connectivity index (χ1v) is 6.01. The molecule has 1 N–H and O–H groups in total. The van der Waals surface area contributed by atoms with Gasteiger partial charge in [-0.05, 0) is 18.2 Å². The van der Waals surface area contributed by atoms with E-state index in [1.165, 1.54) is 12.1 Å². The molecule has 0 fully saturated rings. The van der Waals surface area contributed by atoms with E-state index in [9.17, 15) is 15.2 Å². The zero-order valence-electron chi connectivity index (χ0n) is 10.4. The van der Waals surface area contributed by atoms with E-state index in [0.29, 0.717) is 11.3 Å². The Bertz CT molecular complexity index is 795. The van der Waals surface area contributed by atoms with E-state index in [0.717, 1.165) is 11.0 Å². The van der Waals surface area contributed by atoms with Crippen molar-refractivity contribution < 1.29 is 10.0 Å². The summed E-state index contributed by atoms with van der Waals surface area (Å²) in [5.74, 6) is 0. The number of aliphatic hydroxyl groups excluding tert-OH is 1. The molecule has 0 saturated carbocycles. The Morgan fingerprint density at radius 3 is 2.80 bits per heavy atom. The van der Waals surface area contributed by atoms with E-state index in [2.05, 4.69) is 4.98 Å². The van der Waals surface area contributed by atoms with E-state index in [-0.39, 0.29) is 12.3 Å². The molecule has 2 aromatic carbocycles. The molecule has 0 aliphatic carbocycles. The average Bonchev–Trinajstić information content (AvgIpc) is 2.90. The Morgan fingerprint density at radius 1 is 1.25 bits per heavy atom. The molecule has 6 heteroatoms. The second kappa shape index (κ2) is 4.75. The van der Waals surface area contributed by atoms with Crippen molar-refractivity contribution in [3.05, 3.63) is 64.5 Å². The summed E-state index contributed by atoms with van der Waals surface area (Å²) in [5, 5.41) is 20.2. The minimum atomic E-state index is -0.477. The van der Waals surface area contributed by atoms with Crippen molar-refractivity contribution in [1.29, 1.82) is 0 Å². The molecule has 0 saturated heterocycles. The first kappa shape index (κ1) is 12.3. The molecule has 0 aliphatic rings. The molecule has 1 aromatic heterocycles. The molecule has 100 valence electrons. The monoisotopic (exact) mass is 269 g/mol. The highest BCUT2D eigenvalue weighted by Crippen LogP contribution is 2.24. The molecule has 3 aromatic rings. The fraction of sp³-hybridized carbons (Fsp3) is 0.0714. The number of aliphatic hydroxyl groups is 1. The molecule has 0 atom stereocenters. The summed E-state index contributed by atoms with van der Waals surface area (Å²) in [4.78, 5) is 14.6. The van der Waals surface area contributed by atoms with E-state index in [1.807, 2.05) is 28.8 Å². The summed E-state index contributed by atoms with van der Waals surface area (Å²) < 4.78 is 1.81. The maximum Gasteiger partial charge on any atom is 0.269 e. The van der Waals surface area contributed by atoms with Gasteiger partial charge in [-0.3, -0.25) is 14.7 Å². The van der Waals surface area contributed by atoms with Crippen LogP contribution in [0.1, 0.15) is 5.56 Å². The molecule has 0 bridgehead atoms. The topological polar surface area (TPSA) is 81.2 Å². The minimum Gasteiger partial charge on any atom is -0.392 e. The van der Waals surface area contributed by atoms with Crippen molar-refractivity contribution >= 4 is 16.7 Å². The van der Waals surface area contributed by atoms with Crippen LogP contribution in [0, 0.1) is 10.1 Å². The molecule has 20 heavy (non-hydrogen) atoms. The van der Waals surface area contributed by atoms with Crippen LogP contribution in [-0.4, -0.2) is 19.6 Å². The quantitative estimate of drug-likeness (QED) is 0.584. The zero-order valence-corrected chi connectivity index (χ0v) is 10.4. The van der Waals surface area contributed by atoms with Crippen LogP contribution in [0.5, 0.6) is 0 Å². The lowest BCUT2D eigenvalue weighted by Gasteiger charge is -2.09. The summed E-state index contributed by atoms with van der Waals surface area (Å²) in [7, 11) is 0. The van der Waals surface area contributed by atoms with Crippen LogP contribution in [0.15, 0.2) is 48.8 Å². The van der Waals surface area contributed by atoms with Gasteiger partial charge in [0.1, 0.15) is 6.33 Å². The Morgan fingerprint density at radius 2 is 2.05 bits per heavy atom. The average molecular weight is 269 g/mol. The second-order valence-electron chi connectivity index (χ2n) is 4.33.